The van der Waals surface area contributed by atoms with E-state index in [1.807, 2.05) is 0 Å². The molecule has 1 aliphatic heterocycles. The predicted octanol–water partition coefficient (Wildman–Crippen LogP) is 2.91. The molecule has 6 heteroatoms. The van der Waals surface area contributed by atoms with Gasteiger partial charge in [0.05, 0.1) is 6.10 Å². The molecule has 1 unspecified atom stereocenters. The van der Waals surface area contributed by atoms with Gasteiger partial charge >= 0.3 is 0 Å². The van der Waals surface area contributed by atoms with Crippen molar-refractivity contribution in [3.05, 3.63) is 35.9 Å². The highest BCUT2D eigenvalue weighted by Crippen LogP contribution is 2.32. The lowest BCUT2D eigenvalue weighted by Crippen LogP contribution is -2.47. The quantitative estimate of drug-likeness (QED) is 0.569. The summed E-state index contributed by atoms with van der Waals surface area (Å²) in [7, 11) is 3.53. The minimum atomic E-state index is 0.00722. The summed E-state index contributed by atoms with van der Waals surface area (Å²) >= 11 is 0. The molecule has 6 nitrogen and oxygen atoms in total. The van der Waals surface area contributed by atoms with Crippen LogP contribution in [0.2, 0.25) is 0 Å². The highest BCUT2D eigenvalue weighted by molar-refractivity contribution is 5.85. The fraction of sp³-hybridized carbons (Fsp3) is 0.652. The van der Waals surface area contributed by atoms with Crippen molar-refractivity contribution >= 4 is 11.9 Å². The van der Waals surface area contributed by atoms with Crippen molar-refractivity contribution < 1.29 is 9.53 Å². The Balaban J connectivity index is 1.52. The predicted molar refractivity (Wildman–Crippen MR) is 117 cm³/mol. The van der Waals surface area contributed by atoms with E-state index in [0.717, 1.165) is 44.8 Å². The molecule has 0 aromatic heterocycles. The number of aliphatic imine (C=N–C) groups is 1. The van der Waals surface area contributed by atoms with Crippen molar-refractivity contribution in [2.75, 3.05) is 33.8 Å². The number of carbonyl (C=O) groups is 1. The van der Waals surface area contributed by atoms with Crippen LogP contribution in [0, 0.1) is 0 Å². The van der Waals surface area contributed by atoms with Crippen molar-refractivity contribution in [3.63, 3.8) is 0 Å². The van der Waals surface area contributed by atoms with Gasteiger partial charge in [-0.25, -0.2) is 4.99 Å². The van der Waals surface area contributed by atoms with Gasteiger partial charge in [0.15, 0.2) is 5.96 Å². The molecule has 1 aromatic carbocycles. The average Bonchev–Trinajstić information content (AvgIpc) is 2.77. The lowest BCUT2D eigenvalue weighted by Gasteiger charge is -2.31. The third kappa shape index (κ3) is 7.03. The Morgan fingerprint density at radius 1 is 1.10 bits per heavy atom. The fourth-order valence-electron chi connectivity index (χ4n) is 4.11. The first-order valence-corrected chi connectivity index (χ1v) is 11.0. The third-order valence-corrected chi connectivity index (χ3v) is 5.98. The van der Waals surface area contributed by atoms with Crippen molar-refractivity contribution in [3.8, 4) is 0 Å². The van der Waals surface area contributed by atoms with E-state index in [4.69, 9.17) is 4.74 Å². The summed E-state index contributed by atoms with van der Waals surface area (Å²) < 4.78 is 5.82. The first-order chi connectivity index (χ1) is 14.1. The lowest BCUT2D eigenvalue weighted by molar-refractivity contribution is -0.127. The number of hydrogen-bond donors (Lipinski definition) is 2. The Labute approximate surface area is 175 Å². The number of hydrogen-bond acceptors (Lipinski definition) is 3. The van der Waals surface area contributed by atoms with Crippen molar-refractivity contribution in [1.29, 1.82) is 0 Å². The molecule has 3 rings (SSSR count). The SMILES string of the molecule is CN(C)C(=O)CN=C(NCC1CCCCO1)NC1CCC(c2ccccc2)CC1. The molecular formula is C23H36N4O2. The second-order valence-corrected chi connectivity index (χ2v) is 8.43. The summed E-state index contributed by atoms with van der Waals surface area (Å²) in [6.07, 6.45) is 8.26. The average molecular weight is 401 g/mol. The van der Waals surface area contributed by atoms with Gasteiger partial charge in [0, 0.05) is 33.3 Å². The van der Waals surface area contributed by atoms with E-state index in [1.54, 1.807) is 19.0 Å². The van der Waals surface area contributed by atoms with Gasteiger partial charge in [-0.3, -0.25) is 4.79 Å². The maximum atomic E-state index is 12.0. The molecule has 0 bridgehead atoms. The van der Waals surface area contributed by atoms with Gasteiger partial charge in [-0.15, -0.1) is 0 Å². The van der Waals surface area contributed by atoms with Crippen molar-refractivity contribution in [2.24, 2.45) is 4.99 Å². The van der Waals surface area contributed by atoms with E-state index in [0.29, 0.717) is 12.0 Å². The summed E-state index contributed by atoms with van der Waals surface area (Å²) in [5.41, 5.74) is 1.45. The van der Waals surface area contributed by atoms with Gasteiger partial charge in [0.2, 0.25) is 5.91 Å². The van der Waals surface area contributed by atoms with E-state index in [9.17, 15) is 4.79 Å². The van der Waals surface area contributed by atoms with Crippen molar-refractivity contribution in [1.82, 2.24) is 15.5 Å². The van der Waals surface area contributed by atoms with E-state index >= 15 is 0 Å². The molecule has 1 atom stereocenters. The summed E-state index contributed by atoms with van der Waals surface area (Å²) in [6.45, 7) is 1.74. The number of benzene rings is 1. The number of guanidine groups is 1. The van der Waals surface area contributed by atoms with Crippen LogP contribution in [0.4, 0.5) is 0 Å². The molecule has 1 saturated heterocycles. The number of ether oxygens (including phenoxy) is 1. The van der Waals surface area contributed by atoms with Crippen LogP contribution in [0.15, 0.2) is 35.3 Å². The molecule has 0 spiro atoms. The molecule has 2 fully saturated rings. The fourth-order valence-corrected chi connectivity index (χ4v) is 4.11. The zero-order chi connectivity index (χ0) is 20.5. The maximum Gasteiger partial charge on any atom is 0.243 e. The van der Waals surface area contributed by atoms with Gasteiger partial charge in [-0.2, -0.15) is 0 Å². The Hall–Kier alpha value is -2.08. The van der Waals surface area contributed by atoms with Gasteiger partial charge in [0.25, 0.3) is 0 Å². The Morgan fingerprint density at radius 2 is 1.86 bits per heavy atom. The summed E-state index contributed by atoms with van der Waals surface area (Å²) in [5, 5.41) is 6.99. The summed E-state index contributed by atoms with van der Waals surface area (Å²) in [5.74, 6) is 1.39. The Kier molecular flexibility index (Phi) is 8.35. The van der Waals surface area contributed by atoms with E-state index in [2.05, 4.69) is 46.0 Å². The number of rotatable bonds is 6. The number of nitrogens with one attached hydrogen (secondary N) is 2. The normalized spacial score (nSPS) is 25.3. The van der Waals surface area contributed by atoms with Gasteiger partial charge < -0.3 is 20.3 Å². The zero-order valence-corrected chi connectivity index (χ0v) is 17.9. The van der Waals surface area contributed by atoms with E-state index < -0.39 is 0 Å². The molecule has 1 aromatic rings. The van der Waals surface area contributed by atoms with E-state index in [-0.39, 0.29) is 18.6 Å². The summed E-state index contributed by atoms with van der Waals surface area (Å²) in [6, 6.07) is 11.2. The lowest BCUT2D eigenvalue weighted by atomic mass is 9.82. The molecule has 1 heterocycles. The van der Waals surface area contributed by atoms with Crippen LogP contribution in [0.1, 0.15) is 56.4 Å². The summed E-state index contributed by atoms with van der Waals surface area (Å²) in [4.78, 5) is 18.1. The van der Waals surface area contributed by atoms with Crippen LogP contribution in [-0.4, -0.2) is 62.7 Å². The molecule has 0 radical (unpaired) electrons. The van der Waals surface area contributed by atoms with E-state index in [1.165, 1.54) is 24.8 Å². The molecule has 1 aliphatic carbocycles. The number of carbonyl (C=O) groups excluding carboxylic acids is 1. The minimum absolute atomic E-state index is 0.00722. The van der Waals surface area contributed by atoms with Crippen LogP contribution >= 0.6 is 0 Å². The van der Waals surface area contributed by atoms with Crippen LogP contribution in [0.3, 0.4) is 0 Å². The zero-order valence-electron chi connectivity index (χ0n) is 17.9. The molecule has 29 heavy (non-hydrogen) atoms. The van der Waals surface area contributed by atoms with Crippen LogP contribution < -0.4 is 10.6 Å². The highest BCUT2D eigenvalue weighted by Gasteiger charge is 2.23. The van der Waals surface area contributed by atoms with Gasteiger partial charge in [0.1, 0.15) is 6.54 Å². The second kappa shape index (κ2) is 11.2. The van der Waals surface area contributed by atoms with Gasteiger partial charge in [-0.1, -0.05) is 30.3 Å². The first-order valence-electron chi connectivity index (χ1n) is 11.0. The number of likely N-dealkylation sites (N-methyl/N-ethyl adjacent to an activating group) is 1. The first kappa shape index (κ1) is 21.6. The Bertz CT molecular complexity index is 648. The monoisotopic (exact) mass is 400 g/mol. The maximum absolute atomic E-state index is 12.0. The largest absolute Gasteiger partial charge is 0.376 e. The topological polar surface area (TPSA) is 66.0 Å². The smallest absolute Gasteiger partial charge is 0.243 e. The van der Waals surface area contributed by atoms with Crippen LogP contribution in [0.5, 0.6) is 0 Å². The van der Waals surface area contributed by atoms with Crippen molar-refractivity contribution in [2.45, 2.75) is 63.0 Å². The highest BCUT2D eigenvalue weighted by atomic mass is 16.5. The number of amides is 1. The molecule has 2 aliphatic rings. The Morgan fingerprint density at radius 3 is 2.52 bits per heavy atom. The second-order valence-electron chi connectivity index (χ2n) is 8.43. The van der Waals surface area contributed by atoms with Gasteiger partial charge in [-0.05, 0) is 56.4 Å². The molecule has 1 saturated carbocycles. The molecule has 1 amide bonds. The molecule has 2 N–H and O–H groups in total. The standard InChI is InChI=1S/C23H36N4O2/c1-27(2)22(28)17-25-23(24-16-21-10-6-7-15-29-21)26-20-13-11-19(12-14-20)18-8-4-3-5-9-18/h3-5,8-9,19-21H,6-7,10-17H2,1-2H3,(H2,24,25,26). The molecular weight excluding hydrogens is 364 g/mol. The minimum Gasteiger partial charge on any atom is -0.376 e. The number of nitrogens with zero attached hydrogens (tertiary/aromatic N) is 2. The third-order valence-electron chi connectivity index (χ3n) is 5.98. The molecule has 160 valence electrons. The van der Waals surface area contributed by atoms with Crippen LogP contribution in [0.25, 0.3) is 0 Å². The van der Waals surface area contributed by atoms with Crippen LogP contribution in [-0.2, 0) is 9.53 Å².